The Kier molecular flexibility index (Phi) is 5.61. The third kappa shape index (κ3) is 4.69. The number of nitrogens with one attached hydrogen (secondary N) is 1. The molecule has 1 atom stereocenters. The summed E-state index contributed by atoms with van der Waals surface area (Å²) in [6.07, 6.45) is 1.80. The zero-order valence-electron chi connectivity index (χ0n) is 12.0. The van der Waals surface area contributed by atoms with Crippen molar-refractivity contribution in [2.75, 3.05) is 0 Å². The molecule has 1 unspecified atom stereocenters. The largest absolute Gasteiger partial charge is 0.327 e. The van der Waals surface area contributed by atoms with Crippen molar-refractivity contribution in [3.8, 4) is 0 Å². The van der Waals surface area contributed by atoms with Crippen molar-refractivity contribution in [3.63, 3.8) is 0 Å². The second-order valence-corrected chi connectivity index (χ2v) is 6.84. The van der Waals surface area contributed by atoms with Crippen LogP contribution in [0, 0.1) is 6.92 Å². The maximum atomic E-state index is 11.4. The van der Waals surface area contributed by atoms with Crippen molar-refractivity contribution in [2.24, 2.45) is 5.73 Å². The lowest BCUT2D eigenvalue weighted by molar-refractivity contribution is 0.645. The molecule has 0 aliphatic heterocycles. The van der Waals surface area contributed by atoms with E-state index in [1.165, 1.54) is 23.4 Å². The average Bonchev–Trinajstić information content (AvgIpc) is 2.40. The van der Waals surface area contributed by atoms with Crippen LogP contribution in [0.1, 0.15) is 24.6 Å². The van der Waals surface area contributed by atoms with E-state index in [1.807, 2.05) is 19.1 Å². The number of H-pyrrole nitrogens is 1. The zero-order chi connectivity index (χ0) is 15.4. The van der Waals surface area contributed by atoms with E-state index >= 15 is 0 Å². The summed E-state index contributed by atoms with van der Waals surface area (Å²) < 4.78 is 1.03. The lowest BCUT2D eigenvalue weighted by atomic mass is 10.1. The van der Waals surface area contributed by atoms with Crippen molar-refractivity contribution in [3.05, 3.63) is 50.3 Å². The molecule has 0 radical (unpaired) electrons. The average molecular weight is 368 g/mol. The van der Waals surface area contributed by atoms with Crippen LogP contribution in [0.4, 0.5) is 0 Å². The van der Waals surface area contributed by atoms with Crippen molar-refractivity contribution in [2.45, 2.75) is 42.8 Å². The Labute approximate surface area is 136 Å². The van der Waals surface area contributed by atoms with Crippen molar-refractivity contribution in [1.82, 2.24) is 9.97 Å². The standard InChI is InChI=1S/C15H18BrN3OS/c1-3-11(17)7-10-4-5-12(8-13(10)16)21-15-18-9(2)6-14(20)19-15/h4-6,8,11H,3,7,17H2,1-2H3,(H,18,19,20). The Morgan fingerprint density at radius 2 is 2.19 bits per heavy atom. The molecule has 0 saturated heterocycles. The van der Waals surface area contributed by atoms with Crippen LogP contribution in [0.3, 0.4) is 0 Å². The lowest BCUT2D eigenvalue weighted by Crippen LogP contribution is -2.21. The van der Waals surface area contributed by atoms with Gasteiger partial charge in [-0.2, -0.15) is 0 Å². The molecule has 2 rings (SSSR count). The molecule has 0 aliphatic carbocycles. The van der Waals surface area contributed by atoms with E-state index in [0.717, 1.165) is 22.2 Å². The highest BCUT2D eigenvalue weighted by atomic mass is 79.9. The first-order valence-corrected chi connectivity index (χ1v) is 8.38. The molecule has 6 heteroatoms. The van der Waals surface area contributed by atoms with Crippen LogP contribution >= 0.6 is 27.7 Å². The fourth-order valence-electron chi connectivity index (χ4n) is 1.90. The predicted molar refractivity (Wildman–Crippen MR) is 89.8 cm³/mol. The van der Waals surface area contributed by atoms with Crippen molar-refractivity contribution >= 4 is 27.7 Å². The van der Waals surface area contributed by atoms with E-state index in [-0.39, 0.29) is 11.6 Å². The highest BCUT2D eigenvalue weighted by Crippen LogP contribution is 2.29. The van der Waals surface area contributed by atoms with E-state index in [9.17, 15) is 4.79 Å². The van der Waals surface area contributed by atoms with Crippen LogP contribution in [0.5, 0.6) is 0 Å². The molecule has 112 valence electrons. The number of halogens is 1. The van der Waals surface area contributed by atoms with Gasteiger partial charge in [0.15, 0.2) is 5.16 Å². The van der Waals surface area contributed by atoms with Crippen molar-refractivity contribution in [1.29, 1.82) is 0 Å². The molecule has 4 nitrogen and oxygen atoms in total. The third-order valence-electron chi connectivity index (χ3n) is 3.09. The van der Waals surface area contributed by atoms with Crippen LogP contribution in [-0.2, 0) is 6.42 Å². The molecule has 0 fully saturated rings. The smallest absolute Gasteiger partial charge is 0.251 e. The molecule has 1 aromatic carbocycles. The minimum atomic E-state index is -0.130. The van der Waals surface area contributed by atoms with E-state index in [2.05, 4.69) is 38.9 Å². The number of aromatic amines is 1. The van der Waals surface area contributed by atoms with Gasteiger partial charge in [0, 0.05) is 27.2 Å². The first-order chi connectivity index (χ1) is 9.97. The molecular weight excluding hydrogens is 350 g/mol. The van der Waals surface area contributed by atoms with Crippen LogP contribution in [0.25, 0.3) is 0 Å². The molecule has 0 bridgehead atoms. The van der Waals surface area contributed by atoms with Gasteiger partial charge in [-0.25, -0.2) is 4.98 Å². The van der Waals surface area contributed by atoms with E-state index in [1.54, 1.807) is 0 Å². The van der Waals surface area contributed by atoms with Gasteiger partial charge in [-0.1, -0.05) is 40.7 Å². The van der Waals surface area contributed by atoms with E-state index < -0.39 is 0 Å². The summed E-state index contributed by atoms with van der Waals surface area (Å²) in [7, 11) is 0. The number of aromatic nitrogens is 2. The second kappa shape index (κ2) is 7.24. The van der Waals surface area contributed by atoms with Gasteiger partial charge in [0.25, 0.3) is 5.56 Å². The molecule has 0 saturated carbocycles. The van der Waals surface area contributed by atoms with Gasteiger partial charge in [-0.15, -0.1) is 0 Å². The fourth-order valence-corrected chi connectivity index (χ4v) is 3.47. The summed E-state index contributed by atoms with van der Waals surface area (Å²) in [4.78, 5) is 19.5. The zero-order valence-corrected chi connectivity index (χ0v) is 14.4. The molecule has 1 heterocycles. The van der Waals surface area contributed by atoms with Gasteiger partial charge in [0.1, 0.15) is 0 Å². The first kappa shape index (κ1) is 16.3. The molecule has 2 aromatic rings. The Bertz CT molecular complexity index is 687. The van der Waals surface area contributed by atoms with Gasteiger partial charge in [-0.05, 0) is 37.5 Å². The Morgan fingerprint density at radius 3 is 2.81 bits per heavy atom. The topological polar surface area (TPSA) is 71.8 Å². The fraction of sp³-hybridized carbons (Fsp3) is 0.333. The first-order valence-electron chi connectivity index (χ1n) is 6.77. The van der Waals surface area contributed by atoms with Gasteiger partial charge >= 0.3 is 0 Å². The molecule has 0 aliphatic rings. The number of nitrogens with two attached hydrogens (primary N) is 1. The highest BCUT2D eigenvalue weighted by Gasteiger charge is 2.08. The molecule has 21 heavy (non-hydrogen) atoms. The number of aryl methyl sites for hydroxylation is 1. The summed E-state index contributed by atoms with van der Waals surface area (Å²) in [6.45, 7) is 3.90. The monoisotopic (exact) mass is 367 g/mol. The van der Waals surface area contributed by atoms with Crippen molar-refractivity contribution < 1.29 is 0 Å². The molecular formula is C15H18BrN3OS. The van der Waals surface area contributed by atoms with Gasteiger partial charge in [0.05, 0.1) is 0 Å². The van der Waals surface area contributed by atoms with E-state index in [4.69, 9.17) is 5.73 Å². The Hall–Kier alpha value is -1.11. The third-order valence-corrected chi connectivity index (χ3v) is 4.71. The minimum absolute atomic E-state index is 0.130. The molecule has 0 spiro atoms. The Balaban J connectivity index is 2.18. The normalized spacial score (nSPS) is 12.4. The summed E-state index contributed by atoms with van der Waals surface area (Å²) in [6, 6.07) is 7.78. The minimum Gasteiger partial charge on any atom is -0.327 e. The van der Waals surface area contributed by atoms with Crippen LogP contribution < -0.4 is 11.3 Å². The maximum Gasteiger partial charge on any atom is 0.251 e. The van der Waals surface area contributed by atoms with Gasteiger partial charge in [-0.3, -0.25) is 4.79 Å². The number of hydrogen-bond donors (Lipinski definition) is 2. The lowest BCUT2D eigenvalue weighted by Gasteiger charge is -2.11. The highest BCUT2D eigenvalue weighted by molar-refractivity contribution is 9.10. The maximum absolute atomic E-state index is 11.4. The number of hydrogen-bond acceptors (Lipinski definition) is 4. The number of nitrogens with zero attached hydrogens (tertiary/aromatic N) is 1. The predicted octanol–water partition coefficient (Wildman–Crippen LogP) is 3.27. The van der Waals surface area contributed by atoms with Crippen LogP contribution in [-0.4, -0.2) is 16.0 Å². The number of rotatable bonds is 5. The van der Waals surface area contributed by atoms with Gasteiger partial charge in [0.2, 0.25) is 0 Å². The van der Waals surface area contributed by atoms with Gasteiger partial charge < -0.3 is 10.7 Å². The van der Waals surface area contributed by atoms with E-state index in [0.29, 0.717) is 10.9 Å². The summed E-state index contributed by atoms with van der Waals surface area (Å²) in [5, 5.41) is 0.602. The number of benzene rings is 1. The summed E-state index contributed by atoms with van der Waals surface area (Å²) >= 11 is 5.02. The molecule has 0 amide bonds. The Morgan fingerprint density at radius 1 is 1.43 bits per heavy atom. The second-order valence-electron chi connectivity index (χ2n) is 4.92. The van der Waals surface area contributed by atoms with Crippen LogP contribution in [0.2, 0.25) is 0 Å². The summed E-state index contributed by atoms with van der Waals surface area (Å²) in [5.41, 5.74) is 7.77. The van der Waals surface area contributed by atoms with Crippen LogP contribution in [0.15, 0.2) is 43.6 Å². The molecule has 1 aromatic heterocycles. The quantitative estimate of drug-likeness (QED) is 0.795. The SMILES string of the molecule is CCC(N)Cc1ccc(Sc2nc(C)cc(=O)[nH]2)cc1Br. The summed E-state index contributed by atoms with van der Waals surface area (Å²) in [5.74, 6) is 0. The molecule has 3 N–H and O–H groups in total.